The molecule has 0 spiro atoms. The molecule has 0 aliphatic heterocycles. The molecule has 0 unspecified atom stereocenters. The molecule has 4 aromatic heterocycles. The second-order valence-corrected chi connectivity index (χ2v) is 5.53. The molecule has 8 heteroatoms. The molecule has 0 atom stereocenters. The van der Waals surface area contributed by atoms with Gasteiger partial charge in [0.1, 0.15) is 16.1 Å². The predicted octanol–water partition coefficient (Wildman–Crippen LogP) is 3.72. The molecule has 0 saturated heterocycles. The van der Waals surface area contributed by atoms with Crippen LogP contribution in [0.15, 0.2) is 36.8 Å². The Morgan fingerprint density at radius 3 is 3.00 bits per heavy atom. The molecule has 4 rings (SSSR count). The Bertz CT molecular complexity index is 1060. The Labute approximate surface area is 134 Å². The van der Waals surface area contributed by atoms with Gasteiger partial charge in [0.2, 0.25) is 0 Å². The summed E-state index contributed by atoms with van der Waals surface area (Å²) in [6.07, 6.45) is 5.06. The number of nitrogens with zero attached hydrogens (tertiary/aromatic N) is 4. The maximum absolute atomic E-state index is 6.45. The van der Waals surface area contributed by atoms with Gasteiger partial charge in [0.25, 0.3) is 0 Å². The Kier molecular flexibility index (Phi) is 2.91. The quantitative estimate of drug-likeness (QED) is 0.569. The molecule has 0 radical (unpaired) electrons. The van der Waals surface area contributed by atoms with Crippen LogP contribution in [0.4, 0.5) is 0 Å². The van der Waals surface area contributed by atoms with E-state index in [-0.39, 0.29) is 0 Å². The second kappa shape index (κ2) is 4.82. The minimum absolute atomic E-state index is 0.454. The van der Waals surface area contributed by atoms with Gasteiger partial charge in [-0.1, -0.05) is 17.7 Å². The van der Waals surface area contributed by atoms with Crippen LogP contribution < -0.4 is 4.74 Å². The SMILES string of the molecule is Cn1c(=S)[nH]c2ncc(Oc3cnn4ccccc34)c(Cl)c21. The number of fused-ring (bicyclic) bond motifs is 2. The average Bonchev–Trinajstić information content (AvgIpc) is 3.05. The van der Waals surface area contributed by atoms with Crippen molar-refractivity contribution in [2.45, 2.75) is 0 Å². The number of hydrogen-bond acceptors (Lipinski definition) is 4. The molecule has 4 heterocycles. The van der Waals surface area contributed by atoms with E-state index in [2.05, 4.69) is 15.1 Å². The first-order chi connectivity index (χ1) is 10.6. The summed E-state index contributed by atoms with van der Waals surface area (Å²) in [5.41, 5.74) is 2.19. The lowest BCUT2D eigenvalue weighted by molar-refractivity contribution is 0.486. The molecule has 4 aromatic rings. The molecule has 0 saturated carbocycles. The molecular formula is C14H10ClN5OS. The molecule has 0 aromatic carbocycles. The minimum Gasteiger partial charge on any atom is -0.450 e. The lowest BCUT2D eigenvalue weighted by atomic mass is 10.3. The first-order valence-electron chi connectivity index (χ1n) is 6.48. The molecule has 1 N–H and O–H groups in total. The molecule has 0 aliphatic rings. The lowest BCUT2D eigenvalue weighted by Crippen LogP contribution is -1.92. The number of H-pyrrole nitrogens is 1. The summed E-state index contributed by atoms with van der Waals surface area (Å²) in [5, 5.41) is 4.68. The van der Waals surface area contributed by atoms with Crippen molar-refractivity contribution < 1.29 is 4.74 Å². The summed E-state index contributed by atoms with van der Waals surface area (Å²) in [6, 6.07) is 5.73. The summed E-state index contributed by atoms with van der Waals surface area (Å²) in [6.45, 7) is 0. The monoisotopic (exact) mass is 331 g/mol. The van der Waals surface area contributed by atoms with Crippen molar-refractivity contribution in [1.82, 2.24) is 24.1 Å². The first kappa shape index (κ1) is 13.3. The molecule has 110 valence electrons. The van der Waals surface area contributed by atoms with Crippen LogP contribution in [0, 0.1) is 4.77 Å². The highest BCUT2D eigenvalue weighted by Gasteiger charge is 2.15. The second-order valence-electron chi connectivity index (χ2n) is 4.76. The molecule has 0 amide bonds. The summed E-state index contributed by atoms with van der Waals surface area (Å²) in [5.74, 6) is 1.07. The van der Waals surface area contributed by atoms with E-state index in [1.807, 2.05) is 31.4 Å². The Morgan fingerprint density at radius 2 is 2.14 bits per heavy atom. The number of nitrogens with one attached hydrogen (secondary N) is 1. The van der Waals surface area contributed by atoms with Crippen molar-refractivity contribution >= 4 is 40.5 Å². The summed E-state index contributed by atoms with van der Waals surface area (Å²) in [7, 11) is 1.83. The summed E-state index contributed by atoms with van der Waals surface area (Å²) in [4.78, 5) is 7.30. The topological polar surface area (TPSA) is 60.1 Å². The third-order valence-corrected chi connectivity index (χ3v) is 4.18. The fourth-order valence-electron chi connectivity index (χ4n) is 2.33. The van der Waals surface area contributed by atoms with Crippen molar-refractivity contribution in [2.24, 2.45) is 7.05 Å². The van der Waals surface area contributed by atoms with Gasteiger partial charge < -0.3 is 14.3 Å². The number of imidazole rings is 1. The van der Waals surface area contributed by atoms with Crippen molar-refractivity contribution in [2.75, 3.05) is 0 Å². The maximum atomic E-state index is 6.45. The highest BCUT2D eigenvalue weighted by molar-refractivity contribution is 7.71. The zero-order chi connectivity index (χ0) is 15.3. The van der Waals surface area contributed by atoms with Crippen LogP contribution in [0.25, 0.3) is 16.7 Å². The highest BCUT2D eigenvalue weighted by atomic mass is 35.5. The Morgan fingerprint density at radius 1 is 1.27 bits per heavy atom. The van der Waals surface area contributed by atoms with Crippen molar-refractivity contribution in [3.8, 4) is 11.5 Å². The van der Waals surface area contributed by atoms with Gasteiger partial charge in [0.15, 0.2) is 21.9 Å². The van der Waals surface area contributed by atoms with Gasteiger partial charge in [-0.15, -0.1) is 0 Å². The van der Waals surface area contributed by atoms with Gasteiger partial charge in [-0.3, -0.25) is 0 Å². The maximum Gasteiger partial charge on any atom is 0.179 e. The number of halogens is 1. The molecular weight excluding hydrogens is 322 g/mol. The number of aryl methyl sites for hydroxylation is 1. The van der Waals surface area contributed by atoms with Crippen LogP contribution in [0.1, 0.15) is 0 Å². The van der Waals surface area contributed by atoms with Crippen LogP contribution in [-0.4, -0.2) is 24.1 Å². The van der Waals surface area contributed by atoms with E-state index >= 15 is 0 Å². The number of aromatic nitrogens is 5. The normalized spacial score (nSPS) is 11.4. The number of pyridine rings is 2. The van der Waals surface area contributed by atoms with E-state index < -0.39 is 0 Å². The van der Waals surface area contributed by atoms with E-state index in [1.54, 1.807) is 21.5 Å². The first-order valence-corrected chi connectivity index (χ1v) is 7.27. The Balaban J connectivity index is 1.86. The lowest BCUT2D eigenvalue weighted by Gasteiger charge is -2.07. The van der Waals surface area contributed by atoms with Gasteiger partial charge in [-0.2, -0.15) is 5.10 Å². The van der Waals surface area contributed by atoms with Crippen LogP contribution in [0.3, 0.4) is 0 Å². The van der Waals surface area contributed by atoms with Crippen LogP contribution in [0.5, 0.6) is 11.5 Å². The third kappa shape index (κ3) is 1.90. The largest absolute Gasteiger partial charge is 0.450 e. The van der Waals surface area contributed by atoms with Crippen molar-refractivity contribution in [3.05, 3.63) is 46.6 Å². The minimum atomic E-state index is 0.454. The summed E-state index contributed by atoms with van der Waals surface area (Å²) < 4.78 is 9.94. The molecule has 6 nitrogen and oxygen atoms in total. The summed E-state index contributed by atoms with van der Waals surface area (Å²) >= 11 is 11.6. The zero-order valence-electron chi connectivity index (χ0n) is 11.4. The van der Waals surface area contributed by atoms with Gasteiger partial charge in [-0.05, 0) is 24.4 Å². The van der Waals surface area contributed by atoms with Crippen molar-refractivity contribution in [3.63, 3.8) is 0 Å². The zero-order valence-corrected chi connectivity index (χ0v) is 13.0. The fraction of sp³-hybridized carbons (Fsp3) is 0.0714. The van der Waals surface area contributed by atoms with E-state index in [0.717, 1.165) is 5.52 Å². The third-order valence-electron chi connectivity index (χ3n) is 3.44. The highest BCUT2D eigenvalue weighted by Crippen LogP contribution is 2.35. The van der Waals surface area contributed by atoms with Crippen molar-refractivity contribution in [1.29, 1.82) is 0 Å². The van der Waals surface area contributed by atoms with Crippen LogP contribution in [0.2, 0.25) is 5.02 Å². The molecule has 0 aliphatic carbocycles. The van der Waals surface area contributed by atoms with Gasteiger partial charge in [0.05, 0.1) is 12.4 Å². The number of ether oxygens (including phenoxy) is 1. The van der Waals surface area contributed by atoms with Crippen LogP contribution >= 0.6 is 23.8 Å². The number of aromatic amines is 1. The molecule has 22 heavy (non-hydrogen) atoms. The van der Waals surface area contributed by atoms with Gasteiger partial charge >= 0.3 is 0 Å². The van der Waals surface area contributed by atoms with E-state index in [0.29, 0.717) is 32.5 Å². The predicted molar refractivity (Wildman–Crippen MR) is 86.2 cm³/mol. The van der Waals surface area contributed by atoms with Gasteiger partial charge in [0, 0.05) is 13.2 Å². The Hall–Kier alpha value is -2.38. The average molecular weight is 332 g/mol. The smallest absolute Gasteiger partial charge is 0.179 e. The fourth-order valence-corrected chi connectivity index (χ4v) is 2.82. The van der Waals surface area contributed by atoms with E-state index in [1.165, 1.54) is 0 Å². The molecule has 0 bridgehead atoms. The van der Waals surface area contributed by atoms with E-state index in [9.17, 15) is 0 Å². The van der Waals surface area contributed by atoms with Crippen LogP contribution in [-0.2, 0) is 7.05 Å². The standard InChI is InChI=1S/C14H10ClN5OS/c1-19-12-11(15)10(6-16-13(12)18-14(19)22)21-9-7-17-20-5-3-2-4-8(9)20/h2-7H,1H3,(H,16,18,22). The number of hydrogen-bond donors (Lipinski definition) is 1. The number of rotatable bonds is 2. The van der Waals surface area contributed by atoms with E-state index in [4.69, 9.17) is 28.6 Å². The molecule has 0 fully saturated rings. The van der Waals surface area contributed by atoms with Gasteiger partial charge in [-0.25, -0.2) is 9.50 Å².